The maximum Gasteiger partial charge on any atom is 0.169 e. The molecule has 6 saturated carbocycles. The Balaban J connectivity index is 0.000000154. The Hall–Kier alpha value is -4.30. The zero-order chi connectivity index (χ0) is 49.7. The highest BCUT2D eigenvalue weighted by molar-refractivity contribution is 9.09. The van der Waals surface area contributed by atoms with Crippen LogP contribution in [-0.4, -0.2) is 63.5 Å². The summed E-state index contributed by atoms with van der Waals surface area (Å²) in [5.41, 5.74) is 8.40. The van der Waals surface area contributed by atoms with Gasteiger partial charge in [-0.1, -0.05) is 58.4 Å². The predicted octanol–water partition coefficient (Wildman–Crippen LogP) is 13.4. The van der Waals surface area contributed by atoms with Gasteiger partial charge in [0.2, 0.25) is 0 Å². The number of allylic oxidation sites excluding steroid dienone is 1. The second kappa shape index (κ2) is 24.2. The van der Waals surface area contributed by atoms with Crippen LogP contribution in [0.1, 0.15) is 162 Å². The van der Waals surface area contributed by atoms with Crippen molar-refractivity contribution in [3.8, 4) is 23.3 Å². The second-order valence-corrected chi connectivity index (χ2v) is 21.7. The van der Waals surface area contributed by atoms with Gasteiger partial charge in [0.15, 0.2) is 5.79 Å². The van der Waals surface area contributed by atoms with Gasteiger partial charge in [-0.2, -0.15) is 5.26 Å². The summed E-state index contributed by atoms with van der Waals surface area (Å²) in [6.45, 7) is 11.5. The molecule has 10 rings (SSSR count). The number of carbonyl (C=O) groups is 3. The molecular weight excluding hydrogens is 931 g/mol. The summed E-state index contributed by atoms with van der Waals surface area (Å²) in [6, 6.07) is 22.0. The summed E-state index contributed by atoms with van der Waals surface area (Å²) in [5.74, 6) is 3.46. The van der Waals surface area contributed by atoms with Gasteiger partial charge in [0, 0.05) is 55.2 Å². The van der Waals surface area contributed by atoms with Gasteiger partial charge < -0.3 is 28.5 Å². The summed E-state index contributed by atoms with van der Waals surface area (Å²) < 4.78 is 26.9. The molecule has 69 heavy (non-hydrogen) atoms. The Kier molecular flexibility index (Phi) is 19.0. The molecule has 1 aliphatic heterocycles. The van der Waals surface area contributed by atoms with Gasteiger partial charge in [-0.05, 0) is 178 Å². The topological polar surface area (TPSA) is 121 Å². The number of aldehydes is 1. The highest BCUT2D eigenvalue weighted by Gasteiger charge is 2.49. The van der Waals surface area contributed by atoms with Gasteiger partial charge in [-0.25, -0.2) is 0 Å². The number of ether oxygens (including phenoxy) is 5. The highest BCUT2D eigenvalue weighted by atomic mass is 79.9. The van der Waals surface area contributed by atoms with Gasteiger partial charge in [0.1, 0.15) is 35.1 Å². The predicted molar refractivity (Wildman–Crippen MR) is 277 cm³/mol. The van der Waals surface area contributed by atoms with E-state index in [1.165, 1.54) is 34.1 Å². The first-order valence-electron chi connectivity index (χ1n) is 25.5. The first-order chi connectivity index (χ1) is 33.2. The van der Waals surface area contributed by atoms with Crippen LogP contribution in [0.4, 0.5) is 0 Å². The number of fused-ring (bicyclic) bond motifs is 3. The number of nitrogens with zero attached hydrogens (tertiary/aromatic N) is 1. The molecule has 374 valence electrons. The van der Waals surface area contributed by atoms with Crippen LogP contribution in [0, 0.1) is 43.4 Å². The molecule has 9 nitrogen and oxygen atoms in total. The zero-order valence-electron chi connectivity index (χ0n) is 42.5. The van der Waals surface area contributed by atoms with Crippen LogP contribution in [0.3, 0.4) is 0 Å². The Morgan fingerprint density at radius 2 is 1.09 bits per heavy atom. The minimum atomic E-state index is -0.367. The lowest BCUT2D eigenvalue weighted by atomic mass is 9.52. The lowest BCUT2D eigenvalue weighted by molar-refractivity contribution is -0.179. The van der Waals surface area contributed by atoms with Crippen LogP contribution in [-0.2, 0) is 40.1 Å². The number of aryl methyl sites for hydroxylation is 3. The van der Waals surface area contributed by atoms with Crippen LogP contribution in [0.5, 0.6) is 17.2 Å². The van der Waals surface area contributed by atoms with Gasteiger partial charge in [-0.3, -0.25) is 9.59 Å². The number of benzene rings is 3. The van der Waals surface area contributed by atoms with E-state index in [0.717, 1.165) is 131 Å². The molecule has 3 aromatic rings. The third-order valence-corrected chi connectivity index (χ3v) is 17.4. The molecule has 1 spiro atoms. The van der Waals surface area contributed by atoms with E-state index < -0.39 is 0 Å². The minimum Gasteiger partial charge on any atom is -0.496 e. The van der Waals surface area contributed by atoms with E-state index in [9.17, 15) is 14.4 Å². The first-order valence-corrected chi connectivity index (χ1v) is 26.6. The molecule has 6 aliphatic carbocycles. The van der Waals surface area contributed by atoms with Gasteiger partial charge >= 0.3 is 0 Å². The molecule has 0 unspecified atom stereocenters. The number of alkyl halides is 1. The first kappa shape index (κ1) is 54.0. The van der Waals surface area contributed by atoms with Crippen molar-refractivity contribution in [3.05, 3.63) is 101 Å². The number of hydrogen-bond acceptors (Lipinski definition) is 9. The average Bonchev–Trinajstić information content (AvgIpc) is 3.85. The summed E-state index contributed by atoms with van der Waals surface area (Å²) in [5, 5.41) is 10.1. The molecule has 0 N–H and O–H groups in total. The summed E-state index contributed by atoms with van der Waals surface area (Å²) in [4.78, 5) is 33.7. The Bertz CT molecular complexity index is 2230. The van der Waals surface area contributed by atoms with Gasteiger partial charge in [-0.15, -0.1) is 6.58 Å². The number of halogens is 1. The number of Topliss-reactive ketones (excluding diaryl/α,β-unsaturated/α-hetero) is 2. The lowest BCUT2D eigenvalue weighted by Crippen LogP contribution is -2.44. The molecular formula is C59H78BrNO8. The molecule has 10 heteroatoms. The minimum absolute atomic E-state index is 0.0171. The largest absolute Gasteiger partial charge is 0.496 e. The zero-order valence-corrected chi connectivity index (χ0v) is 44.1. The quantitative estimate of drug-likeness (QED) is 0.105. The molecule has 7 fully saturated rings. The third kappa shape index (κ3) is 12.8. The molecule has 2 bridgehead atoms. The standard InChI is InChI=1S/C17H22BrNO.2C17H22O2.C8H12O3/c1-13-11-15(3-4-16(13)20-2)17(9-10-18)7-5-14(12-19)6-8-17;1-13-11-14(3-4-15(13)19-2)17-8-5-16(12-18,6-9-17)7-10-17;1-4-9-17(10-7-15(18)8-11-17)14-5-6-16(19-3)13(2)12-14;9-7-1-3-8(4-2-7)10-5-6-11-8/h3-4,11,14H,5-10H2,1-2H3;3-4,11-12H,5-10H2,1-2H3;4-6,12H,1,7-11H2,2-3H3;1-6H2. The normalized spacial score (nSPS) is 26.4. The Morgan fingerprint density at radius 3 is 1.49 bits per heavy atom. The van der Waals surface area contributed by atoms with E-state index >= 15 is 0 Å². The smallest absolute Gasteiger partial charge is 0.169 e. The van der Waals surface area contributed by atoms with Crippen molar-refractivity contribution in [2.24, 2.45) is 11.3 Å². The molecule has 0 radical (unpaired) electrons. The van der Waals surface area contributed by atoms with Crippen molar-refractivity contribution in [1.29, 1.82) is 5.26 Å². The Labute approximate surface area is 421 Å². The van der Waals surface area contributed by atoms with E-state index in [1.54, 1.807) is 21.3 Å². The monoisotopic (exact) mass is 1010 g/mol. The van der Waals surface area contributed by atoms with Crippen molar-refractivity contribution in [1.82, 2.24) is 0 Å². The Morgan fingerprint density at radius 1 is 0.652 bits per heavy atom. The van der Waals surface area contributed by atoms with E-state index in [2.05, 4.69) is 97.9 Å². The average molecular weight is 1010 g/mol. The summed E-state index contributed by atoms with van der Waals surface area (Å²) >= 11 is 3.61. The summed E-state index contributed by atoms with van der Waals surface area (Å²) in [6.07, 6.45) is 22.3. The molecule has 0 amide bonds. The number of ketones is 2. The highest BCUT2D eigenvalue weighted by Crippen LogP contribution is 2.57. The van der Waals surface area contributed by atoms with Crippen LogP contribution >= 0.6 is 15.9 Å². The molecule has 7 aliphatic rings. The van der Waals surface area contributed by atoms with Crippen molar-refractivity contribution in [3.63, 3.8) is 0 Å². The fourth-order valence-corrected chi connectivity index (χ4v) is 13.0. The third-order valence-electron chi connectivity index (χ3n) is 17.0. The van der Waals surface area contributed by atoms with Crippen molar-refractivity contribution < 1.29 is 38.1 Å². The summed E-state index contributed by atoms with van der Waals surface area (Å²) in [7, 11) is 5.13. The molecule has 3 aromatic carbocycles. The molecule has 1 heterocycles. The van der Waals surface area contributed by atoms with Gasteiger partial charge in [0.25, 0.3) is 0 Å². The number of nitriles is 1. The van der Waals surface area contributed by atoms with Crippen molar-refractivity contribution in [2.75, 3.05) is 39.9 Å². The van der Waals surface area contributed by atoms with E-state index in [4.69, 9.17) is 28.9 Å². The number of rotatable bonds is 11. The lowest BCUT2D eigenvalue weighted by Gasteiger charge is -2.51. The van der Waals surface area contributed by atoms with Crippen molar-refractivity contribution >= 4 is 33.8 Å². The maximum atomic E-state index is 11.5. The van der Waals surface area contributed by atoms with Crippen LogP contribution in [0.15, 0.2) is 67.3 Å². The molecule has 1 saturated heterocycles. The van der Waals surface area contributed by atoms with Crippen LogP contribution in [0.25, 0.3) is 0 Å². The number of hydrogen-bond donors (Lipinski definition) is 0. The van der Waals surface area contributed by atoms with Crippen molar-refractivity contribution in [2.45, 2.75) is 171 Å². The SMILES string of the molecule is C=CCC1(c2ccc(OC)c(C)c2)CCC(=O)CC1.COc1ccc(C2(CCBr)CCC(C#N)CC2)cc1C.COc1ccc(C23CCC(C=O)(CC2)CC3)cc1C.O=C1CCC2(CC1)OCCO2. The van der Waals surface area contributed by atoms with E-state index in [1.807, 2.05) is 12.1 Å². The molecule has 0 atom stereocenters. The number of carbonyl (C=O) groups excluding carboxylic acids is 3. The fraction of sp³-hybridized carbons (Fsp3) is 0.593. The fourth-order valence-electron chi connectivity index (χ4n) is 12.2. The van der Waals surface area contributed by atoms with E-state index in [0.29, 0.717) is 55.9 Å². The van der Waals surface area contributed by atoms with E-state index in [-0.39, 0.29) is 27.9 Å². The van der Waals surface area contributed by atoms with Gasteiger partial charge in [0.05, 0.1) is 40.6 Å². The maximum absolute atomic E-state index is 11.5. The van der Waals surface area contributed by atoms with Crippen LogP contribution < -0.4 is 14.2 Å². The second-order valence-electron chi connectivity index (χ2n) is 20.9. The van der Waals surface area contributed by atoms with Crippen LogP contribution in [0.2, 0.25) is 0 Å². The number of methoxy groups -OCH3 is 3. The molecule has 0 aromatic heterocycles.